The minimum absolute atomic E-state index is 0.0338. The first-order valence-electron chi connectivity index (χ1n) is 8.85. The zero-order valence-electron chi connectivity index (χ0n) is 15.6. The molecule has 0 unspecified atom stereocenters. The molecule has 0 spiro atoms. The molecule has 0 fully saturated rings. The molecule has 0 heterocycles. The topological polar surface area (TPSA) is 72.5 Å². The highest BCUT2D eigenvalue weighted by Crippen LogP contribution is 2.24. The Morgan fingerprint density at radius 2 is 1.39 bits per heavy atom. The number of amides is 1. The van der Waals surface area contributed by atoms with Gasteiger partial charge in [-0.15, -0.1) is 0 Å². The molecule has 0 saturated heterocycles. The van der Waals surface area contributed by atoms with Crippen molar-refractivity contribution in [3.05, 3.63) is 84.4 Å². The number of rotatable bonds is 6. The first-order chi connectivity index (χ1) is 13.4. The van der Waals surface area contributed by atoms with E-state index in [9.17, 15) is 13.2 Å². The van der Waals surface area contributed by atoms with E-state index in [2.05, 4.69) is 5.32 Å². The molecule has 0 aliphatic carbocycles. The molecule has 1 amide bonds. The highest BCUT2D eigenvalue weighted by molar-refractivity contribution is 7.92. The summed E-state index contributed by atoms with van der Waals surface area (Å²) in [4.78, 5) is 12.7. The van der Waals surface area contributed by atoms with Crippen LogP contribution in [0.4, 0.5) is 5.69 Å². The summed E-state index contributed by atoms with van der Waals surface area (Å²) in [6.45, 7) is 3.19. The summed E-state index contributed by atoms with van der Waals surface area (Å²) >= 11 is 0. The fourth-order valence-electron chi connectivity index (χ4n) is 2.59. The molecule has 6 heteroatoms. The van der Waals surface area contributed by atoms with Gasteiger partial charge in [-0.05, 0) is 62.4 Å². The molecule has 28 heavy (non-hydrogen) atoms. The average Bonchev–Trinajstić information content (AvgIpc) is 2.70. The number of sulfone groups is 1. The summed E-state index contributed by atoms with van der Waals surface area (Å²) in [6, 6.07) is 22.5. The van der Waals surface area contributed by atoms with Crippen molar-refractivity contribution < 1.29 is 17.9 Å². The van der Waals surface area contributed by atoms with Gasteiger partial charge >= 0.3 is 0 Å². The average molecular weight is 395 g/mol. The van der Waals surface area contributed by atoms with Gasteiger partial charge in [0.25, 0.3) is 5.91 Å². The van der Waals surface area contributed by atoms with Gasteiger partial charge in [0.1, 0.15) is 11.5 Å². The quantitative estimate of drug-likeness (QED) is 0.643. The maximum absolute atomic E-state index is 12.7. The largest absolute Gasteiger partial charge is 0.457 e. The molecule has 0 aliphatic rings. The van der Waals surface area contributed by atoms with Crippen molar-refractivity contribution in [2.24, 2.45) is 0 Å². The number of para-hydroxylation sites is 1. The highest BCUT2D eigenvalue weighted by atomic mass is 32.2. The van der Waals surface area contributed by atoms with E-state index in [1.807, 2.05) is 30.3 Å². The Labute approximate surface area is 164 Å². The van der Waals surface area contributed by atoms with E-state index in [0.29, 0.717) is 17.2 Å². The maximum atomic E-state index is 12.7. The van der Waals surface area contributed by atoms with E-state index >= 15 is 0 Å². The summed E-state index contributed by atoms with van der Waals surface area (Å²) in [5.74, 6) is 0.871. The van der Waals surface area contributed by atoms with Crippen LogP contribution in [0, 0.1) is 0 Å². The fourth-order valence-corrected chi connectivity index (χ4v) is 3.83. The van der Waals surface area contributed by atoms with Crippen LogP contribution in [0.15, 0.2) is 83.8 Å². The van der Waals surface area contributed by atoms with Crippen LogP contribution in [0.3, 0.4) is 0 Å². The molecular weight excluding hydrogens is 374 g/mol. The lowest BCUT2D eigenvalue weighted by Crippen LogP contribution is -2.20. The maximum Gasteiger partial charge on any atom is 0.256 e. The molecular formula is C22H21NO4S. The van der Waals surface area contributed by atoms with Crippen molar-refractivity contribution in [3.8, 4) is 11.5 Å². The molecule has 3 aromatic rings. The van der Waals surface area contributed by atoms with E-state index in [-0.39, 0.29) is 10.5 Å². The van der Waals surface area contributed by atoms with Gasteiger partial charge in [-0.1, -0.05) is 30.3 Å². The third kappa shape index (κ3) is 4.40. The Morgan fingerprint density at radius 1 is 0.821 bits per heavy atom. The van der Waals surface area contributed by atoms with Gasteiger partial charge in [0.2, 0.25) is 0 Å². The van der Waals surface area contributed by atoms with Gasteiger partial charge in [0.15, 0.2) is 9.84 Å². The molecule has 5 nitrogen and oxygen atoms in total. The molecule has 0 bridgehead atoms. The summed E-state index contributed by atoms with van der Waals surface area (Å²) in [6.07, 6.45) is 0. The third-order valence-electron chi connectivity index (χ3n) is 4.15. The standard InChI is InChI=1S/C22H21NO4S/c1-16(2)28(25,26)21-11-7-6-10-20(21)22(24)23-17-12-14-19(15-13-17)27-18-8-4-3-5-9-18/h3-16H,1-2H3,(H,23,24). The molecule has 0 radical (unpaired) electrons. The van der Waals surface area contributed by atoms with E-state index in [1.165, 1.54) is 12.1 Å². The minimum Gasteiger partial charge on any atom is -0.457 e. The predicted octanol–water partition coefficient (Wildman–Crippen LogP) is 4.91. The van der Waals surface area contributed by atoms with Crippen LogP contribution < -0.4 is 10.1 Å². The van der Waals surface area contributed by atoms with E-state index in [4.69, 9.17) is 4.74 Å². The molecule has 0 aromatic heterocycles. The molecule has 0 atom stereocenters. The Hall–Kier alpha value is -3.12. The monoisotopic (exact) mass is 395 g/mol. The Kier molecular flexibility index (Phi) is 5.80. The van der Waals surface area contributed by atoms with Crippen molar-refractivity contribution >= 4 is 21.4 Å². The molecule has 0 aliphatic heterocycles. The number of benzene rings is 3. The number of carbonyl (C=O) groups is 1. The van der Waals surface area contributed by atoms with Crippen LogP contribution in [-0.4, -0.2) is 19.6 Å². The molecule has 0 saturated carbocycles. The third-order valence-corrected chi connectivity index (χ3v) is 6.36. The lowest BCUT2D eigenvalue weighted by atomic mass is 10.2. The Morgan fingerprint density at radius 3 is 2.04 bits per heavy atom. The van der Waals surface area contributed by atoms with E-state index in [0.717, 1.165) is 0 Å². The predicted molar refractivity (Wildman–Crippen MR) is 110 cm³/mol. The van der Waals surface area contributed by atoms with E-state index < -0.39 is 21.0 Å². The van der Waals surface area contributed by atoms with Crippen LogP contribution in [0.1, 0.15) is 24.2 Å². The molecule has 1 N–H and O–H groups in total. The zero-order valence-corrected chi connectivity index (χ0v) is 16.4. The fraction of sp³-hybridized carbons (Fsp3) is 0.136. The van der Waals surface area contributed by atoms with Crippen molar-refractivity contribution in [2.75, 3.05) is 5.32 Å². The first kappa shape index (κ1) is 19.6. The van der Waals surface area contributed by atoms with Gasteiger partial charge in [-0.2, -0.15) is 0 Å². The number of ether oxygens (including phenoxy) is 1. The SMILES string of the molecule is CC(C)S(=O)(=O)c1ccccc1C(=O)Nc1ccc(Oc2ccccc2)cc1. The number of nitrogens with one attached hydrogen (secondary N) is 1. The van der Waals surface area contributed by atoms with Crippen molar-refractivity contribution in [2.45, 2.75) is 24.0 Å². The molecule has 3 rings (SSSR count). The van der Waals surface area contributed by atoms with Gasteiger partial charge in [-0.25, -0.2) is 8.42 Å². The van der Waals surface area contributed by atoms with Crippen LogP contribution in [0.2, 0.25) is 0 Å². The number of carbonyl (C=O) groups excluding carboxylic acids is 1. The van der Waals surface area contributed by atoms with Crippen LogP contribution >= 0.6 is 0 Å². The molecule has 3 aromatic carbocycles. The summed E-state index contributed by atoms with van der Waals surface area (Å²) in [7, 11) is -3.57. The molecule has 144 valence electrons. The first-order valence-corrected chi connectivity index (χ1v) is 10.4. The minimum atomic E-state index is -3.57. The van der Waals surface area contributed by atoms with Gasteiger partial charge < -0.3 is 10.1 Å². The Bertz CT molecular complexity index is 1060. The zero-order chi connectivity index (χ0) is 20.1. The Balaban J connectivity index is 1.77. The van der Waals surface area contributed by atoms with E-state index in [1.54, 1.807) is 50.2 Å². The van der Waals surface area contributed by atoms with Crippen LogP contribution in [0.25, 0.3) is 0 Å². The van der Waals surface area contributed by atoms with Gasteiger partial charge in [0, 0.05) is 5.69 Å². The van der Waals surface area contributed by atoms with Crippen molar-refractivity contribution in [1.82, 2.24) is 0 Å². The number of hydrogen-bond donors (Lipinski definition) is 1. The van der Waals surface area contributed by atoms with Crippen molar-refractivity contribution in [3.63, 3.8) is 0 Å². The normalized spacial score (nSPS) is 11.2. The number of hydrogen-bond acceptors (Lipinski definition) is 4. The van der Waals surface area contributed by atoms with Crippen LogP contribution in [-0.2, 0) is 9.84 Å². The summed E-state index contributed by atoms with van der Waals surface area (Å²) in [5, 5.41) is 2.13. The van der Waals surface area contributed by atoms with Crippen molar-refractivity contribution in [1.29, 1.82) is 0 Å². The second kappa shape index (κ2) is 8.27. The van der Waals surface area contributed by atoms with Gasteiger partial charge in [-0.3, -0.25) is 4.79 Å². The number of anilines is 1. The van der Waals surface area contributed by atoms with Crippen LogP contribution in [0.5, 0.6) is 11.5 Å². The second-order valence-corrected chi connectivity index (χ2v) is 8.96. The highest BCUT2D eigenvalue weighted by Gasteiger charge is 2.25. The smallest absolute Gasteiger partial charge is 0.256 e. The lowest BCUT2D eigenvalue weighted by molar-refractivity contribution is 0.102. The summed E-state index contributed by atoms with van der Waals surface area (Å²) < 4.78 is 30.8. The lowest BCUT2D eigenvalue weighted by Gasteiger charge is -2.13. The second-order valence-electron chi connectivity index (χ2n) is 6.48. The van der Waals surface area contributed by atoms with Gasteiger partial charge in [0.05, 0.1) is 15.7 Å². The summed E-state index contributed by atoms with van der Waals surface area (Å²) in [5.41, 5.74) is 0.669.